The number of piperidine rings is 1. The van der Waals surface area contributed by atoms with Gasteiger partial charge >= 0.3 is 0 Å². The van der Waals surface area contributed by atoms with Gasteiger partial charge in [0, 0.05) is 13.1 Å². The lowest BCUT2D eigenvalue weighted by Gasteiger charge is -2.56. The molecule has 3 heteroatoms. The zero-order valence-corrected chi connectivity index (χ0v) is 12.7. The summed E-state index contributed by atoms with van der Waals surface area (Å²) in [7, 11) is 2.09. The van der Waals surface area contributed by atoms with Gasteiger partial charge < -0.3 is 10.2 Å². The minimum atomic E-state index is 0.103. The van der Waals surface area contributed by atoms with Crippen LogP contribution in [-0.2, 0) is 4.79 Å². The molecule has 0 unspecified atom stereocenters. The van der Waals surface area contributed by atoms with Crippen LogP contribution in [0.1, 0.15) is 51.4 Å². The molecule has 3 nitrogen and oxygen atoms in total. The number of nitrogens with one attached hydrogen (secondary N) is 1. The molecule has 4 saturated carbocycles. The van der Waals surface area contributed by atoms with E-state index in [9.17, 15) is 4.79 Å². The number of hydrogen-bond acceptors (Lipinski definition) is 2. The molecule has 112 valence electrons. The molecule has 0 aromatic rings. The summed E-state index contributed by atoms with van der Waals surface area (Å²) in [4.78, 5) is 14.9. The molecule has 1 atom stereocenters. The second kappa shape index (κ2) is 5.01. The van der Waals surface area contributed by atoms with Crippen molar-refractivity contribution in [3.8, 4) is 0 Å². The van der Waals surface area contributed by atoms with Gasteiger partial charge in [-0.15, -0.1) is 0 Å². The lowest BCUT2D eigenvalue weighted by Crippen LogP contribution is -2.59. The molecule has 0 aromatic heterocycles. The Labute approximate surface area is 122 Å². The van der Waals surface area contributed by atoms with E-state index < -0.39 is 0 Å². The largest absolute Gasteiger partial charge is 0.341 e. The molecule has 1 aliphatic heterocycles. The van der Waals surface area contributed by atoms with Crippen molar-refractivity contribution < 1.29 is 4.79 Å². The van der Waals surface area contributed by atoms with Crippen LogP contribution in [0, 0.1) is 23.7 Å². The molecule has 5 aliphatic rings. The number of carbonyl (C=O) groups excluding carboxylic acids is 1. The molecule has 5 fully saturated rings. The first-order chi connectivity index (χ1) is 9.72. The smallest absolute Gasteiger partial charge is 0.239 e. The van der Waals surface area contributed by atoms with Gasteiger partial charge in [0.05, 0.1) is 6.04 Å². The van der Waals surface area contributed by atoms with Crippen molar-refractivity contribution in [3.05, 3.63) is 0 Å². The summed E-state index contributed by atoms with van der Waals surface area (Å²) < 4.78 is 0. The highest BCUT2D eigenvalue weighted by molar-refractivity contribution is 5.82. The molecule has 4 bridgehead atoms. The fourth-order valence-electron chi connectivity index (χ4n) is 5.98. The van der Waals surface area contributed by atoms with E-state index in [0.717, 1.165) is 36.6 Å². The third-order valence-corrected chi connectivity index (χ3v) is 6.58. The second-order valence-corrected chi connectivity index (χ2v) is 7.87. The summed E-state index contributed by atoms with van der Waals surface area (Å²) >= 11 is 0. The van der Waals surface area contributed by atoms with Gasteiger partial charge in [0.2, 0.25) is 5.91 Å². The van der Waals surface area contributed by atoms with E-state index >= 15 is 0 Å². The normalized spacial score (nSPS) is 46.5. The van der Waals surface area contributed by atoms with Crippen LogP contribution >= 0.6 is 0 Å². The molecule has 1 saturated heterocycles. The third kappa shape index (κ3) is 2.09. The molecule has 0 aromatic carbocycles. The fraction of sp³-hybridized carbons (Fsp3) is 0.941. The highest BCUT2D eigenvalue weighted by Crippen LogP contribution is 2.55. The van der Waals surface area contributed by atoms with E-state index in [4.69, 9.17) is 0 Å². The predicted octanol–water partition coefficient (Wildman–Crippen LogP) is 2.41. The first-order valence-electron chi connectivity index (χ1n) is 8.72. The SMILES string of the molecule is CN(C(=O)[C@H]1CCCCN1)C1C2CC3CC(C2)CC1C3. The third-order valence-electron chi connectivity index (χ3n) is 6.58. The van der Waals surface area contributed by atoms with E-state index in [1.54, 1.807) is 0 Å². The molecule has 1 heterocycles. The average Bonchev–Trinajstić information content (AvgIpc) is 2.46. The van der Waals surface area contributed by atoms with E-state index in [0.29, 0.717) is 11.9 Å². The zero-order valence-electron chi connectivity index (χ0n) is 12.7. The molecular weight excluding hydrogens is 248 g/mol. The molecule has 20 heavy (non-hydrogen) atoms. The Hall–Kier alpha value is -0.570. The summed E-state index contributed by atoms with van der Waals surface area (Å²) in [5.41, 5.74) is 0. The van der Waals surface area contributed by atoms with Crippen LogP contribution in [0.4, 0.5) is 0 Å². The number of rotatable bonds is 2. The molecule has 0 radical (unpaired) electrons. The monoisotopic (exact) mass is 276 g/mol. The van der Waals surface area contributed by atoms with Crippen molar-refractivity contribution in [2.24, 2.45) is 23.7 Å². The first kappa shape index (κ1) is 13.1. The zero-order chi connectivity index (χ0) is 13.7. The van der Waals surface area contributed by atoms with Gasteiger partial charge in [-0.05, 0) is 75.2 Å². The van der Waals surface area contributed by atoms with Gasteiger partial charge in [0.25, 0.3) is 0 Å². The summed E-state index contributed by atoms with van der Waals surface area (Å²) in [5.74, 6) is 3.98. The van der Waals surface area contributed by atoms with Gasteiger partial charge in [-0.1, -0.05) is 6.42 Å². The Bertz CT molecular complexity index is 360. The van der Waals surface area contributed by atoms with E-state index in [1.807, 2.05) is 0 Å². The molecule has 1 N–H and O–H groups in total. The molecule has 1 amide bonds. The molecular formula is C17H28N2O. The molecule has 4 aliphatic carbocycles. The van der Waals surface area contributed by atoms with E-state index in [-0.39, 0.29) is 6.04 Å². The second-order valence-electron chi connectivity index (χ2n) is 7.87. The van der Waals surface area contributed by atoms with E-state index in [1.165, 1.54) is 44.9 Å². The Morgan fingerprint density at radius 2 is 1.65 bits per heavy atom. The van der Waals surface area contributed by atoms with Gasteiger partial charge in [0.15, 0.2) is 0 Å². The van der Waals surface area contributed by atoms with Gasteiger partial charge in [0.1, 0.15) is 0 Å². The number of hydrogen-bond donors (Lipinski definition) is 1. The lowest BCUT2D eigenvalue weighted by molar-refractivity contribution is -0.143. The Kier molecular flexibility index (Phi) is 3.29. The topological polar surface area (TPSA) is 32.3 Å². The van der Waals surface area contributed by atoms with Crippen LogP contribution in [-0.4, -0.2) is 36.5 Å². The van der Waals surface area contributed by atoms with Gasteiger partial charge in [-0.25, -0.2) is 0 Å². The lowest BCUT2D eigenvalue weighted by atomic mass is 9.54. The van der Waals surface area contributed by atoms with Crippen LogP contribution in [0.25, 0.3) is 0 Å². The maximum absolute atomic E-state index is 12.8. The van der Waals surface area contributed by atoms with Crippen molar-refractivity contribution >= 4 is 5.91 Å². The minimum absolute atomic E-state index is 0.103. The van der Waals surface area contributed by atoms with Crippen LogP contribution in [0.15, 0.2) is 0 Å². The highest BCUT2D eigenvalue weighted by atomic mass is 16.2. The maximum atomic E-state index is 12.8. The van der Waals surface area contributed by atoms with Crippen LogP contribution in [0.3, 0.4) is 0 Å². The highest BCUT2D eigenvalue weighted by Gasteiger charge is 2.50. The fourth-order valence-corrected chi connectivity index (χ4v) is 5.98. The quantitative estimate of drug-likeness (QED) is 0.840. The number of nitrogens with zero attached hydrogens (tertiary/aromatic N) is 1. The van der Waals surface area contributed by atoms with Crippen LogP contribution < -0.4 is 5.32 Å². The van der Waals surface area contributed by atoms with Gasteiger partial charge in [-0.2, -0.15) is 0 Å². The molecule has 5 rings (SSSR count). The summed E-state index contributed by atoms with van der Waals surface area (Å²) in [5, 5.41) is 3.43. The number of amides is 1. The van der Waals surface area contributed by atoms with Crippen molar-refractivity contribution in [2.45, 2.75) is 63.5 Å². The Balaban J connectivity index is 1.47. The molecule has 0 spiro atoms. The Morgan fingerprint density at radius 3 is 2.20 bits per heavy atom. The van der Waals surface area contributed by atoms with Crippen molar-refractivity contribution in [1.82, 2.24) is 10.2 Å². The van der Waals surface area contributed by atoms with Crippen molar-refractivity contribution in [2.75, 3.05) is 13.6 Å². The van der Waals surface area contributed by atoms with Crippen molar-refractivity contribution in [1.29, 1.82) is 0 Å². The van der Waals surface area contributed by atoms with Crippen molar-refractivity contribution in [3.63, 3.8) is 0 Å². The summed E-state index contributed by atoms with van der Waals surface area (Å²) in [6.45, 7) is 1.02. The standard InChI is InChI=1S/C17H28N2O/c1-19(17(20)15-4-2-3-5-18-15)16-13-7-11-6-12(9-13)10-14(16)8-11/h11-16,18H,2-10H2,1H3/t11?,12?,13?,14?,15-,16?/m1/s1. The minimum Gasteiger partial charge on any atom is -0.341 e. The number of carbonyl (C=O) groups is 1. The summed E-state index contributed by atoms with van der Waals surface area (Å²) in [6, 6.07) is 0.657. The first-order valence-corrected chi connectivity index (χ1v) is 8.72. The predicted molar refractivity (Wildman–Crippen MR) is 79.2 cm³/mol. The van der Waals surface area contributed by atoms with Crippen LogP contribution in [0.5, 0.6) is 0 Å². The van der Waals surface area contributed by atoms with Gasteiger partial charge in [-0.3, -0.25) is 4.79 Å². The summed E-state index contributed by atoms with van der Waals surface area (Å²) in [6.07, 6.45) is 10.5. The maximum Gasteiger partial charge on any atom is 0.239 e. The number of likely N-dealkylation sites (N-methyl/N-ethyl adjacent to an activating group) is 1. The Morgan fingerprint density at radius 1 is 1.00 bits per heavy atom. The van der Waals surface area contributed by atoms with Crippen LogP contribution in [0.2, 0.25) is 0 Å². The van der Waals surface area contributed by atoms with E-state index in [2.05, 4.69) is 17.3 Å². The average molecular weight is 276 g/mol.